The lowest BCUT2D eigenvalue weighted by Crippen LogP contribution is -2.36. The molecule has 1 rings (SSSR count). The summed E-state index contributed by atoms with van der Waals surface area (Å²) in [7, 11) is 0. The van der Waals surface area contributed by atoms with E-state index in [-0.39, 0.29) is 0 Å². The quantitative estimate of drug-likeness (QED) is 0.619. The van der Waals surface area contributed by atoms with Crippen molar-refractivity contribution < 1.29 is 0 Å². The largest absolute Gasteiger partial charge is 0.312 e. The van der Waals surface area contributed by atoms with Crippen LogP contribution in [0.5, 0.6) is 0 Å². The zero-order valence-corrected chi connectivity index (χ0v) is 7.06. The van der Waals surface area contributed by atoms with E-state index in [0.717, 1.165) is 6.04 Å². The molecule has 0 unspecified atom stereocenters. The summed E-state index contributed by atoms with van der Waals surface area (Å²) < 4.78 is 0. The lowest BCUT2D eigenvalue weighted by Gasteiger charge is -2.24. The second-order valence-corrected chi connectivity index (χ2v) is 3.46. The Morgan fingerprint density at radius 3 is 2.40 bits per heavy atom. The molecule has 0 amide bonds. The lowest BCUT2D eigenvalue weighted by molar-refractivity contribution is 0.386. The predicted molar refractivity (Wildman–Crippen MR) is 44.8 cm³/mol. The lowest BCUT2D eigenvalue weighted by atomic mass is 9.95. The molecule has 0 aliphatic heterocycles. The van der Waals surface area contributed by atoms with Crippen molar-refractivity contribution in [3.63, 3.8) is 0 Å². The van der Waals surface area contributed by atoms with Crippen LogP contribution in [0.25, 0.3) is 0 Å². The Morgan fingerprint density at radius 2 is 1.90 bits per heavy atom. The van der Waals surface area contributed by atoms with Crippen LogP contribution < -0.4 is 5.32 Å². The van der Waals surface area contributed by atoms with E-state index >= 15 is 0 Å². The minimum absolute atomic E-state index is 0.656. The Kier molecular flexibility index (Phi) is 3.20. The highest BCUT2D eigenvalue weighted by Gasteiger charge is 2.12. The maximum Gasteiger partial charge on any atom is 0.00696 e. The molecule has 1 N–H and O–H groups in total. The summed E-state index contributed by atoms with van der Waals surface area (Å²) >= 11 is 0. The van der Waals surface area contributed by atoms with E-state index in [2.05, 4.69) is 25.6 Å². The van der Waals surface area contributed by atoms with Crippen LogP contribution in [0.1, 0.15) is 39.5 Å². The molecule has 10 heavy (non-hydrogen) atoms. The van der Waals surface area contributed by atoms with Crippen molar-refractivity contribution >= 4 is 0 Å². The van der Waals surface area contributed by atoms with E-state index in [9.17, 15) is 0 Å². The van der Waals surface area contributed by atoms with Crippen LogP contribution in [0.3, 0.4) is 0 Å². The molecule has 0 aromatic rings. The SMILES string of the molecule is CC(C)NC1CC[CH]CC1. The van der Waals surface area contributed by atoms with Gasteiger partial charge >= 0.3 is 0 Å². The molecule has 1 heteroatoms. The van der Waals surface area contributed by atoms with Crippen molar-refractivity contribution in [1.82, 2.24) is 5.32 Å². The molecule has 0 aromatic carbocycles. The summed E-state index contributed by atoms with van der Waals surface area (Å²) in [6.45, 7) is 4.44. The van der Waals surface area contributed by atoms with Gasteiger partial charge in [-0.05, 0) is 32.1 Å². The van der Waals surface area contributed by atoms with Gasteiger partial charge in [0, 0.05) is 12.1 Å². The van der Waals surface area contributed by atoms with Gasteiger partial charge in [-0.15, -0.1) is 0 Å². The van der Waals surface area contributed by atoms with Crippen molar-refractivity contribution in [2.24, 2.45) is 0 Å². The fraction of sp³-hybridized carbons (Fsp3) is 0.889. The molecule has 1 aliphatic rings. The van der Waals surface area contributed by atoms with Gasteiger partial charge in [-0.3, -0.25) is 0 Å². The van der Waals surface area contributed by atoms with E-state index in [1.54, 1.807) is 0 Å². The van der Waals surface area contributed by atoms with E-state index in [1.807, 2.05) is 0 Å². The van der Waals surface area contributed by atoms with Crippen molar-refractivity contribution in [2.45, 2.75) is 51.6 Å². The number of rotatable bonds is 2. The Labute approximate surface area is 64.2 Å². The molecular formula is C9H18N. The summed E-state index contributed by atoms with van der Waals surface area (Å²) in [6.07, 6.45) is 7.71. The zero-order chi connectivity index (χ0) is 7.40. The third-order valence-corrected chi connectivity index (χ3v) is 2.01. The van der Waals surface area contributed by atoms with Crippen LogP contribution in [0.15, 0.2) is 0 Å². The van der Waals surface area contributed by atoms with Gasteiger partial charge in [0.15, 0.2) is 0 Å². The van der Waals surface area contributed by atoms with Crippen LogP contribution in [-0.2, 0) is 0 Å². The third-order valence-electron chi connectivity index (χ3n) is 2.01. The predicted octanol–water partition coefficient (Wildman–Crippen LogP) is 2.13. The molecule has 0 spiro atoms. The van der Waals surface area contributed by atoms with Gasteiger partial charge in [0.25, 0.3) is 0 Å². The maximum absolute atomic E-state index is 3.56. The third kappa shape index (κ3) is 2.70. The second-order valence-electron chi connectivity index (χ2n) is 3.46. The zero-order valence-electron chi connectivity index (χ0n) is 7.06. The number of hydrogen-bond acceptors (Lipinski definition) is 1. The Bertz CT molecular complexity index is 82.7. The van der Waals surface area contributed by atoms with Crippen LogP contribution in [0.4, 0.5) is 0 Å². The highest BCUT2D eigenvalue weighted by Crippen LogP contribution is 2.16. The van der Waals surface area contributed by atoms with Gasteiger partial charge in [0.2, 0.25) is 0 Å². The maximum atomic E-state index is 3.56. The summed E-state index contributed by atoms with van der Waals surface area (Å²) in [4.78, 5) is 0. The summed E-state index contributed by atoms with van der Waals surface area (Å²) in [5, 5.41) is 3.56. The minimum atomic E-state index is 0.656. The highest BCUT2D eigenvalue weighted by molar-refractivity contribution is 4.81. The second kappa shape index (κ2) is 3.97. The van der Waals surface area contributed by atoms with Crippen molar-refractivity contribution in [3.05, 3.63) is 6.42 Å². The van der Waals surface area contributed by atoms with Gasteiger partial charge < -0.3 is 5.32 Å². The first-order valence-electron chi connectivity index (χ1n) is 4.37. The fourth-order valence-electron chi connectivity index (χ4n) is 1.56. The molecule has 0 saturated heterocycles. The molecule has 1 radical (unpaired) electrons. The van der Waals surface area contributed by atoms with Crippen LogP contribution >= 0.6 is 0 Å². The molecule has 0 atom stereocenters. The van der Waals surface area contributed by atoms with Crippen LogP contribution in [0.2, 0.25) is 0 Å². The Hall–Kier alpha value is -0.0400. The molecule has 0 heterocycles. The molecular weight excluding hydrogens is 122 g/mol. The van der Waals surface area contributed by atoms with E-state index in [0.29, 0.717) is 6.04 Å². The highest BCUT2D eigenvalue weighted by atomic mass is 14.9. The molecule has 1 nitrogen and oxygen atoms in total. The topological polar surface area (TPSA) is 12.0 Å². The standard InChI is InChI=1S/C9H18N/c1-8(2)10-9-6-4-3-5-7-9/h3,8-10H,4-7H2,1-2H3. The van der Waals surface area contributed by atoms with Gasteiger partial charge in [0.05, 0.1) is 0 Å². The van der Waals surface area contributed by atoms with Gasteiger partial charge in [-0.1, -0.05) is 13.8 Å². The van der Waals surface area contributed by atoms with Gasteiger partial charge in [-0.2, -0.15) is 0 Å². The Morgan fingerprint density at radius 1 is 1.30 bits per heavy atom. The first-order valence-corrected chi connectivity index (χ1v) is 4.37. The number of nitrogens with one attached hydrogen (secondary N) is 1. The van der Waals surface area contributed by atoms with E-state index < -0.39 is 0 Å². The minimum Gasteiger partial charge on any atom is -0.312 e. The average molecular weight is 140 g/mol. The summed E-state index contributed by atoms with van der Waals surface area (Å²) in [5.74, 6) is 0. The van der Waals surface area contributed by atoms with Crippen LogP contribution in [-0.4, -0.2) is 12.1 Å². The van der Waals surface area contributed by atoms with Crippen molar-refractivity contribution in [1.29, 1.82) is 0 Å². The number of hydrogen-bond donors (Lipinski definition) is 1. The molecule has 1 saturated carbocycles. The summed E-state index contributed by atoms with van der Waals surface area (Å²) in [5.41, 5.74) is 0. The molecule has 0 bridgehead atoms. The van der Waals surface area contributed by atoms with E-state index in [1.165, 1.54) is 25.7 Å². The van der Waals surface area contributed by atoms with Gasteiger partial charge in [-0.25, -0.2) is 0 Å². The normalized spacial score (nSPS) is 21.9. The molecule has 1 fully saturated rings. The van der Waals surface area contributed by atoms with Crippen LogP contribution in [0, 0.1) is 6.42 Å². The smallest absolute Gasteiger partial charge is 0.00696 e. The molecule has 59 valence electrons. The van der Waals surface area contributed by atoms with Gasteiger partial charge in [0.1, 0.15) is 0 Å². The average Bonchev–Trinajstić information content (AvgIpc) is 1.88. The first kappa shape index (κ1) is 8.06. The molecule has 1 aliphatic carbocycles. The Balaban J connectivity index is 2.13. The fourth-order valence-corrected chi connectivity index (χ4v) is 1.56. The monoisotopic (exact) mass is 140 g/mol. The van der Waals surface area contributed by atoms with Crippen molar-refractivity contribution in [3.8, 4) is 0 Å². The van der Waals surface area contributed by atoms with E-state index in [4.69, 9.17) is 0 Å². The molecule has 0 aromatic heterocycles. The summed E-state index contributed by atoms with van der Waals surface area (Å²) in [6, 6.07) is 1.45. The van der Waals surface area contributed by atoms with Crippen molar-refractivity contribution in [2.75, 3.05) is 0 Å². The first-order chi connectivity index (χ1) is 4.79.